The lowest BCUT2D eigenvalue weighted by Crippen LogP contribution is -2.30. The van der Waals surface area contributed by atoms with Crippen molar-refractivity contribution in [3.63, 3.8) is 0 Å². The molecule has 0 unspecified atom stereocenters. The van der Waals surface area contributed by atoms with Crippen molar-refractivity contribution in [1.82, 2.24) is 9.55 Å². The average molecular weight is 411 g/mol. The van der Waals surface area contributed by atoms with Crippen LogP contribution in [-0.2, 0) is 6.54 Å². The molecule has 1 saturated heterocycles. The van der Waals surface area contributed by atoms with E-state index in [4.69, 9.17) is 0 Å². The Kier molecular flexibility index (Phi) is 12.0. The summed E-state index contributed by atoms with van der Waals surface area (Å²) in [7, 11) is 0. The van der Waals surface area contributed by atoms with Gasteiger partial charge in [0.15, 0.2) is 0 Å². The molecule has 0 aromatic carbocycles. The molecular weight excluding hydrogens is 368 g/mol. The van der Waals surface area contributed by atoms with Gasteiger partial charge in [-0.3, -0.25) is 0 Å². The fourth-order valence-corrected chi connectivity index (χ4v) is 7.60. The molecule has 0 bridgehead atoms. The van der Waals surface area contributed by atoms with Crippen LogP contribution in [0.5, 0.6) is 0 Å². The van der Waals surface area contributed by atoms with Gasteiger partial charge < -0.3 is 4.57 Å². The summed E-state index contributed by atoms with van der Waals surface area (Å²) in [6, 6.07) is 0. The third-order valence-corrected chi connectivity index (χ3v) is 9.81. The molecule has 0 N–H and O–H groups in total. The summed E-state index contributed by atoms with van der Waals surface area (Å²) < 4.78 is 2.71. The first-order valence-corrected chi connectivity index (χ1v) is 13.5. The Bertz CT molecular complexity index is 453. The molecule has 2 heterocycles. The maximum Gasteiger partial charge on any atom is 0.0945 e. The first-order valence-electron chi connectivity index (χ1n) is 11.5. The van der Waals surface area contributed by atoms with E-state index in [-0.39, 0.29) is 0 Å². The van der Waals surface area contributed by atoms with Crippen LogP contribution in [-0.4, -0.2) is 25.1 Å². The van der Waals surface area contributed by atoms with Gasteiger partial charge in [-0.15, -0.1) is 23.5 Å². The smallest absolute Gasteiger partial charge is 0.0945 e. The van der Waals surface area contributed by atoms with Crippen LogP contribution >= 0.6 is 23.5 Å². The zero-order valence-corrected chi connectivity index (χ0v) is 19.5. The van der Waals surface area contributed by atoms with Crippen molar-refractivity contribution in [3.8, 4) is 0 Å². The topological polar surface area (TPSA) is 17.8 Å². The zero-order chi connectivity index (χ0) is 19.2. The number of rotatable bonds is 15. The van der Waals surface area contributed by atoms with Crippen molar-refractivity contribution in [2.45, 2.75) is 108 Å². The minimum Gasteiger partial charge on any atom is -0.337 e. The van der Waals surface area contributed by atoms with E-state index in [9.17, 15) is 0 Å². The fourth-order valence-electron chi connectivity index (χ4n) is 3.88. The van der Waals surface area contributed by atoms with Crippen LogP contribution in [0.3, 0.4) is 0 Å². The largest absolute Gasteiger partial charge is 0.337 e. The Labute approximate surface area is 177 Å². The van der Waals surface area contributed by atoms with Crippen molar-refractivity contribution in [1.29, 1.82) is 0 Å². The quantitative estimate of drug-likeness (QED) is 0.275. The van der Waals surface area contributed by atoms with E-state index >= 15 is 0 Å². The lowest BCUT2D eigenvalue weighted by molar-refractivity contribution is 0.512. The van der Waals surface area contributed by atoms with Crippen LogP contribution in [0.2, 0.25) is 0 Å². The highest BCUT2D eigenvalue weighted by atomic mass is 32.2. The lowest BCUT2D eigenvalue weighted by atomic mass is 10.0. The highest BCUT2D eigenvalue weighted by molar-refractivity contribution is 8.18. The Balaban J connectivity index is 1.63. The Hall–Kier alpha value is -0.0900. The van der Waals surface area contributed by atoms with Gasteiger partial charge in [0.05, 0.1) is 10.4 Å². The van der Waals surface area contributed by atoms with Gasteiger partial charge in [-0.1, -0.05) is 84.5 Å². The third kappa shape index (κ3) is 9.30. The second-order valence-corrected chi connectivity index (χ2v) is 11.4. The Morgan fingerprint density at radius 1 is 0.889 bits per heavy atom. The second kappa shape index (κ2) is 14.0. The van der Waals surface area contributed by atoms with E-state index in [0.29, 0.717) is 4.08 Å². The maximum atomic E-state index is 4.21. The van der Waals surface area contributed by atoms with Crippen molar-refractivity contribution in [2.24, 2.45) is 5.92 Å². The third-order valence-electron chi connectivity index (χ3n) is 5.96. The number of unbranched alkanes of at least 4 members (excludes halogenated alkanes) is 9. The van der Waals surface area contributed by atoms with Crippen LogP contribution in [0.15, 0.2) is 18.7 Å². The molecule has 0 radical (unpaired) electrons. The van der Waals surface area contributed by atoms with Crippen molar-refractivity contribution < 1.29 is 0 Å². The summed E-state index contributed by atoms with van der Waals surface area (Å²) in [6.45, 7) is 5.77. The van der Waals surface area contributed by atoms with E-state index in [1.165, 1.54) is 95.0 Å². The molecule has 1 aromatic rings. The van der Waals surface area contributed by atoms with Gasteiger partial charge in [-0.2, -0.15) is 0 Å². The molecule has 0 saturated carbocycles. The highest BCUT2D eigenvalue weighted by Gasteiger charge is 2.35. The van der Waals surface area contributed by atoms with Gasteiger partial charge >= 0.3 is 0 Å². The van der Waals surface area contributed by atoms with Gasteiger partial charge in [0.25, 0.3) is 0 Å². The predicted molar refractivity (Wildman–Crippen MR) is 125 cm³/mol. The molecule has 0 aliphatic carbocycles. The summed E-state index contributed by atoms with van der Waals surface area (Å²) in [5, 5.41) is 0. The number of nitrogens with zero attached hydrogens (tertiary/aromatic N) is 2. The normalized spacial score (nSPS) is 23.0. The van der Waals surface area contributed by atoms with Crippen LogP contribution in [0.4, 0.5) is 0 Å². The van der Waals surface area contributed by atoms with Crippen LogP contribution in [0.25, 0.3) is 0 Å². The molecule has 1 aliphatic heterocycles. The van der Waals surface area contributed by atoms with Crippen molar-refractivity contribution in [2.75, 3.05) is 11.5 Å². The Morgan fingerprint density at radius 3 is 2.07 bits per heavy atom. The predicted octanol–water partition coefficient (Wildman–Crippen LogP) is 7.79. The summed E-state index contributed by atoms with van der Waals surface area (Å²) in [5.74, 6) is 3.66. The number of hydrogen-bond donors (Lipinski definition) is 0. The molecule has 1 fully saturated rings. The Morgan fingerprint density at radius 2 is 1.52 bits per heavy atom. The lowest BCUT2D eigenvalue weighted by Gasteiger charge is -2.39. The van der Waals surface area contributed by atoms with Crippen molar-refractivity contribution >= 4 is 23.5 Å². The van der Waals surface area contributed by atoms with Gasteiger partial charge in [-0.05, 0) is 30.3 Å². The van der Waals surface area contributed by atoms with Gasteiger partial charge in [0.1, 0.15) is 0 Å². The summed E-state index contributed by atoms with van der Waals surface area (Å²) in [5.41, 5.74) is 0. The molecular formula is C23H42N2S2. The molecule has 0 amide bonds. The van der Waals surface area contributed by atoms with E-state index in [1.807, 2.05) is 12.5 Å². The van der Waals surface area contributed by atoms with Crippen LogP contribution < -0.4 is 0 Å². The minimum absolute atomic E-state index is 0.454. The molecule has 0 spiro atoms. The maximum absolute atomic E-state index is 4.21. The van der Waals surface area contributed by atoms with Crippen LogP contribution in [0, 0.1) is 5.92 Å². The first-order chi connectivity index (χ1) is 13.3. The minimum atomic E-state index is 0.454. The summed E-state index contributed by atoms with van der Waals surface area (Å²) in [6.07, 6.45) is 24.3. The van der Waals surface area contributed by atoms with Gasteiger partial charge in [0, 0.05) is 18.9 Å². The average Bonchev–Trinajstić information content (AvgIpc) is 3.22. The zero-order valence-electron chi connectivity index (χ0n) is 17.8. The fraction of sp³-hybridized carbons (Fsp3) is 0.870. The van der Waals surface area contributed by atoms with Gasteiger partial charge in [0.2, 0.25) is 0 Å². The summed E-state index contributed by atoms with van der Waals surface area (Å²) >= 11 is 4.55. The molecule has 2 rings (SSSR count). The number of hydrogen-bond acceptors (Lipinski definition) is 3. The molecule has 2 nitrogen and oxygen atoms in total. The SMILES string of the molecule is CCCCCCCCCCCCC1(CCn2ccnc2)SCC(CC)CS1. The highest BCUT2D eigenvalue weighted by Crippen LogP contribution is 2.50. The van der Waals surface area contributed by atoms with E-state index < -0.39 is 0 Å². The second-order valence-electron chi connectivity index (χ2n) is 8.29. The van der Waals surface area contributed by atoms with E-state index in [2.05, 4.69) is 53.1 Å². The summed E-state index contributed by atoms with van der Waals surface area (Å²) in [4.78, 5) is 4.21. The molecule has 27 heavy (non-hydrogen) atoms. The molecule has 4 heteroatoms. The van der Waals surface area contributed by atoms with Crippen molar-refractivity contribution in [3.05, 3.63) is 18.7 Å². The molecule has 0 atom stereocenters. The number of aromatic nitrogens is 2. The molecule has 1 aliphatic rings. The monoisotopic (exact) mass is 410 g/mol. The number of thioether (sulfide) groups is 2. The number of aryl methyl sites for hydroxylation is 1. The van der Waals surface area contributed by atoms with Crippen LogP contribution in [0.1, 0.15) is 97.3 Å². The number of imidazole rings is 1. The van der Waals surface area contributed by atoms with Gasteiger partial charge in [-0.25, -0.2) is 4.98 Å². The molecule has 1 aromatic heterocycles. The van der Waals surface area contributed by atoms with E-state index in [0.717, 1.165) is 12.5 Å². The molecule has 156 valence electrons. The standard InChI is InChI=1S/C23H42N2S2/c1-3-5-6-7-8-9-10-11-12-13-14-23(15-17-25-18-16-24-21-25)26-19-22(4-2)20-27-23/h16,18,21-22H,3-15,17,19-20H2,1-2H3. The van der Waals surface area contributed by atoms with E-state index in [1.54, 1.807) is 0 Å². The first kappa shape index (κ1) is 23.2.